The summed E-state index contributed by atoms with van der Waals surface area (Å²) in [6.07, 6.45) is 0. The minimum atomic E-state index is -2.91. The molecule has 0 fully saturated rings. The zero-order valence-electron chi connectivity index (χ0n) is 6.58. The molecule has 11 heavy (non-hydrogen) atoms. The van der Waals surface area contributed by atoms with Gasteiger partial charge in [0.25, 0.3) is 0 Å². The van der Waals surface area contributed by atoms with Crippen molar-refractivity contribution in [1.29, 1.82) is 0 Å². The summed E-state index contributed by atoms with van der Waals surface area (Å²) in [4.78, 5) is 0. The molecular weight excluding hydrogens is 207 g/mol. The summed E-state index contributed by atoms with van der Waals surface area (Å²) in [5.74, 6) is -2.32. The molecule has 0 saturated carbocycles. The lowest BCUT2D eigenvalue weighted by Gasteiger charge is -2.07. The highest BCUT2D eigenvalue weighted by atomic mass is 35.7. The number of rotatable bonds is 6. The van der Waals surface area contributed by atoms with Gasteiger partial charge >= 0.3 is 5.92 Å². The normalized spacial score (nSPS) is 16.3. The molecule has 1 unspecified atom stereocenters. The highest BCUT2D eigenvalue weighted by molar-refractivity contribution is 8.63. The number of halogens is 1. The molecular formula is C5H12ClO3PS. The van der Waals surface area contributed by atoms with Crippen LogP contribution in [-0.2, 0) is 13.8 Å². The molecule has 0 aliphatic carbocycles. The van der Waals surface area contributed by atoms with Crippen molar-refractivity contribution < 1.29 is 13.8 Å². The van der Waals surface area contributed by atoms with Crippen molar-refractivity contribution in [1.82, 2.24) is 0 Å². The Balaban J connectivity index is 3.47. The summed E-state index contributed by atoms with van der Waals surface area (Å²) >= 11 is 6.61. The molecule has 0 aliphatic heterocycles. The largest absolute Gasteiger partial charge is 0.384 e. The SMILES string of the molecule is CCOP(=O)(Cl)SCCOC. The second-order valence-corrected chi connectivity index (χ2v) is 7.61. The van der Waals surface area contributed by atoms with E-state index in [4.69, 9.17) is 20.5 Å². The fraction of sp³-hybridized carbons (Fsp3) is 1.00. The van der Waals surface area contributed by atoms with Crippen LogP contribution in [0, 0.1) is 0 Å². The van der Waals surface area contributed by atoms with Gasteiger partial charge in [-0.3, -0.25) is 4.57 Å². The van der Waals surface area contributed by atoms with Crippen molar-refractivity contribution in [3.05, 3.63) is 0 Å². The van der Waals surface area contributed by atoms with E-state index in [-0.39, 0.29) is 0 Å². The Morgan fingerprint density at radius 2 is 2.27 bits per heavy atom. The highest BCUT2D eigenvalue weighted by Gasteiger charge is 2.18. The van der Waals surface area contributed by atoms with Crippen molar-refractivity contribution in [3.8, 4) is 0 Å². The Hall–Kier alpha value is 0.790. The Kier molecular flexibility index (Phi) is 6.78. The molecule has 0 radical (unpaired) electrons. The fourth-order valence-electron chi connectivity index (χ4n) is 0.421. The van der Waals surface area contributed by atoms with Gasteiger partial charge in [-0.05, 0) is 18.2 Å². The van der Waals surface area contributed by atoms with Crippen molar-refractivity contribution in [2.24, 2.45) is 0 Å². The summed E-state index contributed by atoms with van der Waals surface area (Å²) in [5.41, 5.74) is 0. The number of hydrogen-bond acceptors (Lipinski definition) is 4. The molecule has 1 atom stereocenters. The molecule has 0 aliphatic rings. The molecule has 0 aromatic heterocycles. The first-order valence-electron chi connectivity index (χ1n) is 3.20. The van der Waals surface area contributed by atoms with E-state index in [2.05, 4.69) is 0 Å². The molecule has 0 rings (SSSR count). The van der Waals surface area contributed by atoms with Gasteiger partial charge in [-0.1, -0.05) is 11.4 Å². The first-order chi connectivity index (χ1) is 5.12. The average Bonchev–Trinajstić information content (AvgIpc) is 1.87. The molecule has 0 aromatic rings. The van der Waals surface area contributed by atoms with Crippen LogP contribution in [0.1, 0.15) is 6.92 Å². The third kappa shape index (κ3) is 7.16. The summed E-state index contributed by atoms with van der Waals surface area (Å²) < 4.78 is 20.7. The quantitative estimate of drug-likeness (QED) is 0.507. The van der Waals surface area contributed by atoms with Gasteiger partial charge in [0.1, 0.15) is 0 Å². The zero-order valence-corrected chi connectivity index (χ0v) is 9.05. The Morgan fingerprint density at radius 1 is 1.64 bits per heavy atom. The second-order valence-electron chi connectivity index (χ2n) is 1.67. The van der Waals surface area contributed by atoms with Crippen molar-refractivity contribution in [3.63, 3.8) is 0 Å². The molecule has 0 N–H and O–H groups in total. The molecule has 0 saturated heterocycles. The zero-order chi connectivity index (χ0) is 8.74. The third-order valence-corrected chi connectivity index (χ3v) is 5.00. The van der Waals surface area contributed by atoms with E-state index in [9.17, 15) is 4.57 Å². The number of hydrogen-bond donors (Lipinski definition) is 0. The molecule has 0 heterocycles. The highest BCUT2D eigenvalue weighted by Crippen LogP contribution is 2.63. The van der Waals surface area contributed by atoms with Crippen LogP contribution in [0.4, 0.5) is 0 Å². The van der Waals surface area contributed by atoms with Gasteiger partial charge in [0.2, 0.25) is 0 Å². The van der Waals surface area contributed by atoms with Gasteiger partial charge in [-0.25, -0.2) is 0 Å². The van der Waals surface area contributed by atoms with Crippen LogP contribution in [-0.4, -0.2) is 26.1 Å². The molecule has 0 aromatic carbocycles. The minimum Gasteiger partial charge on any atom is -0.384 e. The molecule has 68 valence electrons. The van der Waals surface area contributed by atoms with Crippen LogP contribution < -0.4 is 0 Å². The van der Waals surface area contributed by atoms with Gasteiger partial charge in [0.05, 0.1) is 13.2 Å². The van der Waals surface area contributed by atoms with Gasteiger partial charge in [0, 0.05) is 12.9 Å². The lowest BCUT2D eigenvalue weighted by molar-refractivity contribution is 0.219. The van der Waals surface area contributed by atoms with E-state index in [0.717, 1.165) is 11.4 Å². The maximum absolute atomic E-state index is 11.1. The van der Waals surface area contributed by atoms with Crippen LogP contribution >= 0.6 is 28.5 Å². The van der Waals surface area contributed by atoms with Crippen LogP contribution in [0.15, 0.2) is 0 Å². The van der Waals surface area contributed by atoms with Crippen LogP contribution in [0.5, 0.6) is 0 Å². The summed E-state index contributed by atoms with van der Waals surface area (Å²) in [6, 6.07) is 0. The van der Waals surface area contributed by atoms with E-state index in [1.54, 1.807) is 14.0 Å². The Morgan fingerprint density at radius 3 is 2.73 bits per heavy atom. The van der Waals surface area contributed by atoms with Gasteiger partial charge in [-0.2, -0.15) is 0 Å². The summed E-state index contributed by atoms with van der Waals surface area (Å²) in [6.45, 7) is 2.67. The van der Waals surface area contributed by atoms with E-state index in [1.165, 1.54) is 0 Å². The first-order valence-corrected chi connectivity index (χ1v) is 7.32. The third-order valence-electron chi connectivity index (χ3n) is 0.816. The van der Waals surface area contributed by atoms with Crippen molar-refractivity contribution in [2.75, 3.05) is 26.1 Å². The maximum Gasteiger partial charge on any atom is 0.346 e. The number of ether oxygens (including phenoxy) is 1. The maximum atomic E-state index is 11.1. The fourth-order valence-corrected chi connectivity index (χ4v) is 3.59. The smallest absolute Gasteiger partial charge is 0.346 e. The monoisotopic (exact) mass is 218 g/mol. The summed E-state index contributed by atoms with van der Waals surface area (Å²) in [5, 5.41) is 0. The van der Waals surface area contributed by atoms with E-state index in [0.29, 0.717) is 19.0 Å². The predicted molar refractivity (Wildman–Crippen MR) is 49.4 cm³/mol. The molecule has 0 bridgehead atoms. The predicted octanol–water partition coefficient (Wildman–Crippen LogP) is 2.75. The first kappa shape index (κ1) is 11.8. The molecule has 3 nitrogen and oxygen atoms in total. The Bertz CT molecular complexity index is 144. The number of methoxy groups -OCH3 is 1. The molecule has 6 heteroatoms. The molecule has 0 spiro atoms. The van der Waals surface area contributed by atoms with E-state index < -0.39 is 5.92 Å². The van der Waals surface area contributed by atoms with Crippen LogP contribution in [0.25, 0.3) is 0 Å². The second kappa shape index (κ2) is 6.32. The van der Waals surface area contributed by atoms with Crippen molar-refractivity contribution in [2.45, 2.75) is 6.92 Å². The van der Waals surface area contributed by atoms with Crippen LogP contribution in [0.3, 0.4) is 0 Å². The lowest BCUT2D eigenvalue weighted by Crippen LogP contribution is -1.91. The topological polar surface area (TPSA) is 35.5 Å². The van der Waals surface area contributed by atoms with Gasteiger partial charge in [0.15, 0.2) is 0 Å². The Labute approximate surface area is 75.8 Å². The minimum absolute atomic E-state index is 0.376. The van der Waals surface area contributed by atoms with Crippen LogP contribution in [0.2, 0.25) is 0 Å². The van der Waals surface area contributed by atoms with Crippen molar-refractivity contribution >= 4 is 28.5 Å². The van der Waals surface area contributed by atoms with E-state index in [1.807, 2.05) is 0 Å². The standard InChI is InChI=1S/C5H12ClO3PS/c1-3-9-10(6,7)11-5-4-8-2/h3-5H2,1-2H3. The summed E-state index contributed by atoms with van der Waals surface area (Å²) in [7, 11) is 1.58. The average molecular weight is 219 g/mol. The van der Waals surface area contributed by atoms with Gasteiger partial charge < -0.3 is 9.26 Å². The lowest BCUT2D eigenvalue weighted by atomic mass is 10.9. The van der Waals surface area contributed by atoms with E-state index >= 15 is 0 Å². The van der Waals surface area contributed by atoms with Gasteiger partial charge in [-0.15, -0.1) is 0 Å². The molecule has 0 amide bonds.